The molecule has 4 aromatic rings. The number of aromatic nitrogens is 2. The Morgan fingerprint density at radius 2 is 2.00 bits per heavy atom. The second kappa shape index (κ2) is 7.02. The monoisotopic (exact) mass is 383 g/mol. The van der Waals surface area contributed by atoms with Gasteiger partial charge in [-0.3, -0.25) is 9.97 Å². The average molecular weight is 384 g/mol. The van der Waals surface area contributed by atoms with Crippen LogP contribution in [0, 0.1) is 5.82 Å². The van der Waals surface area contributed by atoms with E-state index in [1.54, 1.807) is 24.0 Å². The zero-order valence-electron chi connectivity index (χ0n) is 13.9. The molecule has 0 fully saturated rings. The minimum absolute atomic E-state index is 0.257. The molecule has 0 aliphatic heterocycles. The van der Waals surface area contributed by atoms with Gasteiger partial charge in [-0.05, 0) is 30.7 Å². The Morgan fingerprint density at radius 3 is 2.81 bits per heavy atom. The van der Waals surface area contributed by atoms with Crippen LogP contribution in [0.5, 0.6) is 0 Å². The van der Waals surface area contributed by atoms with Gasteiger partial charge < -0.3 is 5.32 Å². The van der Waals surface area contributed by atoms with Crippen molar-refractivity contribution in [1.82, 2.24) is 9.97 Å². The SMILES string of the molecule is CC(Nc1c(Cl)cnc2ccccc12)c1cc(-c2cncs2)ccc1F. The molecule has 3 nitrogen and oxygen atoms in total. The van der Waals surface area contributed by atoms with E-state index in [2.05, 4.69) is 15.3 Å². The summed E-state index contributed by atoms with van der Waals surface area (Å²) >= 11 is 7.89. The van der Waals surface area contributed by atoms with Crippen molar-refractivity contribution >= 4 is 39.5 Å². The van der Waals surface area contributed by atoms with Crippen LogP contribution in [-0.4, -0.2) is 9.97 Å². The minimum Gasteiger partial charge on any atom is -0.377 e. The van der Waals surface area contributed by atoms with Crippen LogP contribution in [0.25, 0.3) is 21.3 Å². The van der Waals surface area contributed by atoms with Gasteiger partial charge in [0.15, 0.2) is 0 Å². The second-order valence-electron chi connectivity index (χ2n) is 5.97. The maximum absolute atomic E-state index is 14.5. The number of rotatable bonds is 4. The van der Waals surface area contributed by atoms with Crippen molar-refractivity contribution in [3.63, 3.8) is 0 Å². The molecule has 0 radical (unpaired) electrons. The van der Waals surface area contributed by atoms with E-state index in [1.807, 2.05) is 37.3 Å². The molecule has 2 heterocycles. The van der Waals surface area contributed by atoms with Crippen LogP contribution >= 0.6 is 22.9 Å². The van der Waals surface area contributed by atoms with Gasteiger partial charge in [-0.1, -0.05) is 35.9 Å². The molecule has 2 aromatic heterocycles. The van der Waals surface area contributed by atoms with Gasteiger partial charge >= 0.3 is 0 Å². The fourth-order valence-corrected chi connectivity index (χ4v) is 3.77. The fourth-order valence-electron chi connectivity index (χ4n) is 2.95. The van der Waals surface area contributed by atoms with E-state index < -0.39 is 0 Å². The van der Waals surface area contributed by atoms with Crippen molar-refractivity contribution < 1.29 is 4.39 Å². The fraction of sp³-hybridized carbons (Fsp3) is 0.100. The lowest BCUT2D eigenvalue weighted by atomic mass is 10.0. The average Bonchev–Trinajstić information content (AvgIpc) is 3.19. The van der Waals surface area contributed by atoms with E-state index in [0.29, 0.717) is 10.6 Å². The summed E-state index contributed by atoms with van der Waals surface area (Å²) in [5.41, 5.74) is 4.89. The van der Waals surface area contributed by atoms with Gasteiger partial charge in [-0.25, -0.2) is 4.39 Å². The molecule has 0 saturated heterocycles. The van der Waals surface area contributed by atoms with E-state index in [-0.39, 0.29) is 11.9 Å². The molecule has 0 bridgehead atoms. The van der Waals surface area contributed by atoms with E-state index >= 15 is 0 Å². The molecule has 1 unspecified atom stereocenters. The maximum Gasteiger partial charge on any atom is 0.128 e. The normalized spacial score (nSPS) is 12.3. The number of para-hydroxylation sites is 1. The van der Waals surface area contributed by atoms with Gasteiger partial charge in [0, 0.05) is 23.3 Å². The summed E-state index contributed by atoms with van der Waals surface area (Å²) < 4.78 is 14.5. The highest BCUT2D eigenvalue weighted by Gasteiger charge is 2.16. The summed E-state index contributed by atoms with van der Waals surface area (Å²) in [6.07, 6.45) is 3.40. The zero-order chi connectivity index (χ0) is 18.1. The molecule has 130 valence electrons. The summed E-state index contributed by atoms with van der Waals surface area (Å²) in [6, 6.07) is 12.6. The predicted octanol–water partition coefficient (Wildman–Crippen LogP) is 6.32. The molecule has 1 atom stereocenters. The van der Waals surface area contributed by atoms with Crippen LogP contribution in [0.2, 0.25) is 5.02 Å². The third-order valence-electron chi connectivity index (χ3n) is 4.27. The molecule has 1 N–H and O–H groups in total. The number of hydrogen-bond acceptors (Lipinski definition) is 4. The second-order valence-corrected chi connectivity index (χ2v) is 7.26. The van der Waals surface area contributed by atoms with Gasteiger partial charge in [0.2, 0.25) is 0 Å². The van der Waals surface area contributed by atoms with Gasteiger partial charge in [0.1, 0.15) is 5.82 Å². The molecule has 0 amide bonds. The van der Waals surface area contributed by atoms with E-state index in [0.717, 1.165) is 27.0 Å². The number of anilines is 1. The van der Waals surface area contributed by atoms with Gasteiger partial charge in [-0.2, -0.15) is 0 Å². The lowest BCUT2D eigenvalue weighted by molar-refractivity contribution is 0.600. The van der Waals surface area contributed by atoms with Crippen molar-refractivity contribution in [1.29, 1.82) is 0 Å². The lowest BCUT2D eigenvalue weighted by Crippen LogP contribution is -2.10. The van der Waals surface area contributed by atoms with Crippen LogP contribution in [-0.2, 0) is 0 Å². The standard InChI is InChI=1S/C20H15ClFN3S/c1-12(15-8-13(6-7-17(15)22)19-10-23-11-26-19)25-20-14-4-2-3-5-18(14)24-9-16(20)21/h2-12H,1H3,(H,24,25). The number of fused-ring (bicyclic) bond motifs is 1. The summed E-state index contributed by atoms with van der Waals surface area (Å²) in [5, 5.41) is 4.78. The number of pyridine rings is 1. The minimum atomic E-state index is -0.272. The van der Waals surface area contributed by atoms with Crippen molar-refractivity contribution in [2.24, 2.45) is 0 Å². The van der Waals surface area contributed by atoms with E-state index in [1.165, 1.54) is 17.4 Å². The van der Waals surface area contributed by atoms with Crippen LogP contribution in [0.1, 0.15) is 18.5 Å². The highest BCUT2D eigenvalue weighted by Crippen LogP contribution is 2.34. The molecule has 2 aromatic carbocycles. The Morgan fingerprint density at radius 1 is 1.15 bits per heavy atom. The summed E-state index contributed by atoms with van der Waals surface area (Å²) in [5.74, 6) is -0.257. The Bertz CT molecular complexity index is 1070. The maximum atomic E-state index is 14.5. The number of halogens is 2. The van der Waals surface area contributed by atoms with Crippen molar-refractivity contribution in [3.05, 3.63) is 76.8 Å². The van der Waals surface area contributed by atoms with Crippen LogP contribution in [0.3, 0.4) is 0 Å². The first-order valence-corrected chi connectivity index (χ1v) is 9.37. The van der Waals surface area contributed by atoms with Crippen LogP contribution in [0.4, 0.5) is 10.1 Å². The van der Waals surface area contributed by atoms with Gasteiger partial charge in [0.25, 0.3) is 0 Å². The number of nitrogens with one attached hydrogen (secondary N) is 1. The Labute approximate surface area is 159 Å². The smallest absolute Gasteiger partial charge is 0.128 e. The third kappa shape index (κ3) is 3.16. The first kappa shape index (κ1) is 16.9. The summed E-state index contributed by atoms with van der Waals surface area (Å²) in [4.78, 5) is 9.43. The number of thiazole rings is 1. The lowest BCUT2D eigenvalue weighted by Gasteiger charge is -2.19. The number of benzene rings is 2. The molecular weight excluding hydrogens is 369 g/mol. The van der Waals surface area contributed by atoms with Crippen molar-refractivity contribution in [2.45, 2.75) is 13.0 Å². The van der Waals surface area contributed by atoms with Crippen LogP contribution < -0.4 is 5.32 Å². The quantitative estimate of drug-likeness (QED) is 0.447. The number of nitrogens with zero attached hydrogens (tertiary/aromatic N) is 2. The highest BCUT2D eigenvalue weighted by atomic mass is 35.5. The van der Waals surface area contributed by atoms with Crippen molar-refractivity contribution in [3.8, 4) is 10.4 Å². The number of hydrogen-bond donors (Lipinski definition) is 1. The zero-order valence-corrected chi connectivity index (χ0v) is 15.5. The Balaban J connectivity index is 1.72. The highest BCUT2D eigenvalue weighted by molar-refractivity contribution is 7.13. The predicted molar refractivity (Wildman–Crippen MR) is 106 cm³/mol. The molecule has 0 aliphatic rings. The third-order valence-corrected chi connectivity index (χ3v) is 5.38. The van der Waals surface area contributed by atoms with Gasteiger partial charge in [0.05, 0.1) is 32.7 Å². The summed E-state index contributed by atoms with van der Waals surface area (Å²) in [7, 11) is 0. The first-order chi connectivity index (χ1) is 12.6. The van der Waals surface area contributed by atoms with Crippen LogP contribution in [0.15, 0.2) is 60.4 Å². The molecule has 4 rings (SSSR count). The molecule has 0 spiro atoms. The van der Waals surface area contributed by atoms with Crippen molar-refractivity contribution in [2.75, 3.05) is 5.32 Å². The van der Waals surface area contributed by atoms with Gasteiger partial charge in [-0.15, -0.1) is 11.3 Å². The Kier molecular flexibility index (Phi) is 4.57. The molecule has 0 aliphatic carbocycles. The summed E-state index contributed by atoms with van der Waals surface area (Å²) in [6.45, 7) is 1.92. The Hall–Kier alpha value is -2.50. The molecule has 0 saturated carbocycles. The molecule has 26 heavy (non-hydrogen) atoms. The molecular formula is C20H15ClFN3S. The molecule has 6 heteroatoms. The van der Waals surface area contributed by atoms with E-state index in [4.69, 9.17) is 11.6 Å². The van der Waals surface area contributed by atoms with E-state index in [9.17, 15) is 4.39 Å². The largest absolute Gasteiger partial charge is 0.377 e. The topological polar surface area (TPSA) is 37.8 Å². The first-order valence-electron chi connectivity index (χ1n) is 8.11.